The number of ether oxygens (including phenoxy) is 1. The fourth-order valence-electron chi connectivity index (χ4n) is 2.45. The fourth-order valence-corrected chi connectivity index (χ4v) is 2.45. The number of aromatic nitrogens is 2. The molecule has 0 spiro atoms. The van der Waals surface area contributed by atoms with Gasteiger partial charge < -0.3 is 15.4 Å². The molecule has 0 aliphatic carbocycles. The third kappa shape index (κ3) is 3.07. The van der Waals surface area contributed by atoms with E-state index in [0.717, 1.165) is 36.2 Å². The molecule has 21 heavy (non-hydrogen) atoms. The van der Waals surface area contributed by atoms with Gasteiger partial charge in [-0.2, -0.15) is 0 Å². The smallest absolute Gasteiger partial charge is 0.132 e. The van der Waals surface area contributed by atoms with E-state index in [1.165, 1.54) is 5.56 Å². The van der Waals surface area contributed by atoms with Crippen LogP contribution in [0.15, 0.2) is 30.3 Å². The Morgan fingerprint density at radius 1 is 1.24 bits per heavy atom. The molecule has 2 aromatic rings. The lowest BCUT2D eigenvalue weighted by Gasteiger charge is -2.14. The van der Waals surface area contributed by atoms with Gasteiger partial charge >= 0.3 is 0 Å². The van der Waals surface area contributed by atoms with Gasteiger partial charge in [0.25, 0.3) is 0 Å². The summed E-state index contributed by atoms with van der Waals surface area (Å²) in [6.07, 6.45) is 1.07. The molecule has 0 fully saturated rings. The summed E-state index contributed by atoms with van der Waals surface area (Å²) in [4.78, 5) is 8.86. The number of nitrogens with zero attached hydrogens (tertiary/aromatic N) is 2. The molecule has 0 bridgehead atoms. The van der Waals surface area contributed by atoms with E-state index in [2.05, 4.69) is 33.6 Å². The second-order valence-corrected chi connectivity index (χ2v) is 5.16. The van der Waals surface area contributed by atoms with Crippen molar-refractivity contribution in [2.75, 3.05) is 23.8 Å². The quantitative estimate of drug-likeness (QED) is 0.883. The maximum absolute atomic E-state index is 5.69. The van der Waals surface area contributed by atoms with Crippen LogP contribution in [0.5, 0.6) is 5.75 Å². The highest BCUT2D eigenvalue weighted by molar-refractivity contribution is 5.51. The number of rotatable bonds is 5. The van der Waals surface area contributed by atoms with Crippen LogP contribution in [0.4, 0.5) is 11.6 Å². The van der Waals surface area contributed by atoms with E-state index in [1.807, 2.05) is 31.2 Å². The van der Waals surface area contributed by atoms with Crippen molar-refractivity contribution in [3.63, 3.8) is 0 Å². The molecule has 5 nitrogen and oxygen atoms in total. The molecule has 0 saturated carbocycles. The predicted octanol–water partition coefficient (Wildman–Crippen LogP) is 3.15. The van der Waals surface area contributed by atoms with Crippen molar-refractivity contribution < 1.29 is 4.74 Å². The van der Waals surface area contributed by atoms with E-state index in [0.29, 0.717) is 6.61 Å². The zero-order valence-electron chi connectivity index (χ0n) is 12.4. The molecular formula is C16H20N4O. The van der Waals surface area contributed by atoms with Crippen molar-refractivity contribution in [3.8, 4) is 5.75 Å². The molecule has 0 amide bonds. The van der Waals surface area contributed by atoms with Gasteiger partial charge in [0.05, 0.1) is 6.04 Å². The van der Waals surface area contributed by atoms with Crippen molar-refractivity contribution >= 4 is 11.6 Å². The minimum atomic E-state index is 0.134. The Bertz CT molecular complexity index is 629. The van der Waals surface area contributed by atoms with Gasteiger partial charge in [-0.15, -0.1) is 0 Å². The molecule has 1 aliphatic heterocycles. The van der Waals surface area contributed by atoms with Gasteiger partial charge in [0.2, 0.25) is 0 Å². The van der Waals surface area contributed by atoms with Crippen molar-refractivity contribution in [2.24, 2.45) is 0 Å². The number of nitrogens with one attached hydrogen (secondary N) is 2. The first-order valence-electron chi connectivity index (χ1n) is 7.34. The lowest BCUT2D eigenvalue weighted by molar-refractivity contribution is 0.339. The first kappa shape index (κ1) is 13.7. The molecule has 1 unspecified atom stereocenters. The van der Waals surface area contributed by atoms with E-state index >= 15 is 0 Å². The zero-order chi connectivity index (χ0) is 14.7. The van der Waals surface area contributed by atoms with Gasteiger partial charge in [0.15, 0.2) is 0 Å². The molecule has 0 saturated heterocycles. The summed E-state index contributed by atoms with van der Waals surface area (Å²) in [7, 11) is 0. The van der Waals surface area contributed by atoms with Crippen molar-refractivity contribution in [1.29, 1.82) is 0 Å². The summed E-state index contributed by atoms with van der Waals surface area (Å²) in [5.74, 6) is 3.39. The first-order chi connectivity index (χ1) is 10.3. The maximum Gasteiger partial charge on any atom is 0.132 e. The molecule has 1 aromatic heterocycles. The van der Waals surface area contributed by atoms with Gasteiger partial charge in [0.1, 0.15) is 29.8 Å². The van der Waals surface area contributed by atoms with Crippen molar-refractivity contribution in [2.45, 2.75) is 26.3 Å². The molecule has 3 rings (SSSR count). The minimum absolute atomic E-state index is 0.134. The SMILES string of the molecule is CCCNc1cc(NC2COc3ccccc32)nc(C)n1. The molecule has 5 heteroatoms. The summed E-state index contributed by atoms with van der Waals surface area (Å²) in [6.45, 7) is 5.57. The van der Waals surface area contributed by atoms with Crippen LogP contribution in [-0.2, 0) is 0 Å². The highest BCUT2D eigenvalue weighted by Crippen LogP contribution is 2.33. The van der Waals surface area contributed by atoms with Crippen LogP contribution in [0, 0.1) is 6.92 Å². The van der Waals surface area contributed by atoms with E-state index in [1.54, 1.807) is 0 Å². The van der Waals surface area contributed by atoms with E-state index < -0.39 is 0 Å². The van der Waals surface area contributed by atoms with E-state index in [9.17, 15) is 0 Å². The van der Waals surface area contributed by atoms with Gasteiger partial charge in [0, 0.05) is 18.2 Å². The number of fused-ring (bicyclic) bond motifs is 1. The third-order valence-corrected chi connectivity index (χ3v) is 3.42. The molecule has 2 heterocycles. The lowest BCUT2D eigenvalue weighted by Crippen LogP contribution is -2.14. The number of para-hydroxylation sites is 1. The summed E-state index contributed by atoms with van der Waals surface area (Å²) < 4.78 is 5.69. The zero-order valence-corrected chi connectivity index (χ0v) is 12.4. The second-order valence-electron chi connectivity index (χ2n) is 5.16. The third-order valence-electron chi connectivity index (χ3n) is 3.42. The van der Waals surface area contributed by atoms with Gasteiger partial charge in [-0.1, -0.05) is 25.1 Å². The first-order valence-corrected chi connectivity index (χ1v) is 7.34. The number of anilines is 2. The Hall–Kier alpha value is -2.30. The Kier molecular flexibility index (Phi) is 3.90. The molecule has 1 atom stereocenters. The summed E-state index contributed by atoms with van der Waals surface area (Å²) in [5.41, 5.74) is 1.18. The molecule has 1 aromatic carbocycles. The Labute approximate surface area is 124 Å². The molecule has 1 aliphatic rings. The number of hydrogen-bond acceptors (Lipinski definition) is 5. The molecule has 2 N–H and O–H groups in total. The number of aryl methyl sites for hydroxylation is 1. The van der Waals surface area contributed by atoms with E-state index in [4.69, 9.17) is 4.74 Å². The molecule has 0 radical (unpaired) electrons. The normalized spacial score (nSPS) is 16.2. The van der Waals surface area contributed by atoms with Crippen LogP contribution in [-0.4, -0.2) is 23.1 Å². The average Bonchev–Trinajstić information content (AvgIpc) is 2.88. The Morgan fingerprint density at radius 2 is 2.05 bits per heavy atom. The Balaban J connectivity index is 1.78. The lowest BCUT2D eigenvalue weighted by atomic mass is 10.1. The monoisotopic (exact) mass is 284 g/mol. The van der Waals surface area contributed by atoms with Crippen LogP contribution in [0.1, 0.15) is 30.8 Å². The number of hydrogen-bond donors (Lipinski definition) is 2. The summed E-state index contributed by atoms with van der Waals surface area (Å²) >= 11 is 0. The topological polar surface area (TPSA) is 59.1 Å². The minimum Gasteiger partial charge on any atom is -0.491 e. The molecular weight excluding hydrogens is 264 g/mol. The summed E-state index contributed by atoms with van der Waals surface area (Å²) in [6, 6.07) is 10.2. The number of benzene rings is 1. The Morgan fingerprint density at radius 3 is 2.90 bits per heavy atom. The van der Waals surface area contributed by atoms with Gasteiger partial charge in [-0.05, 0) is 19.4 Å². The van der Waals surface area contributed by atoms with Crippen LogP contribution < -0.4 is 15.4 Å². The van der Waals surface area contributed by atoms with Crippen LogP contribution in [0.3, 0.4) is 0 Å². The highest BCUT2D eigenvalue weighted by atomic mass is 16.5. The van der Waals surface area contributed by atoms with Gasteiger partial charge in [-0.25, -0.2) is 9.97 Å². The maximum atomic E-state index is 5.69. The van der Waals surface area contributed by atoms with Crippen molar-refractivity contribution in [1.82, 2.24) is 9.97 Å². The predicted molar refractivity (Wildman–Crippen MR) is 83.9 cm³/mol. The molecule has 110 valence electrons. The van der Waals surface area contributed by atoms with Gasteiger partial charge in [-0.3, -0.25) is 0 Å². The summed E-state index contributed by atoms with van der Waals surface area (Å²) in [5, 5.41) is 6.74. The standard InChI is InChI=1S/C16H20N4O/c1-3-8-17-15-9-16(19-11(2)18-15)20-13-10-21-14-7-5-4-6-12(13)14/h4-7,9,13H,3,8,10H2,1-2H3,(H2,17,18,19,20). The fraction of sp³-hybridized carbons (Fsp3) is 0.375. The van der Waals surface area contributed by atoms with Crippen LogP contribution in [0.2, 0.25) is 0 Å². The average molecular weight is 284 g/mol. The van der Waals surface area contributed by atoms with Crippen LogP contribution in [0.25, 0.3) is 0 Å². The van der Waals surface area contributed by atoms with Crippen molar-refractivity contribution in [3.05, 3.63) is 41.7 Å². The highest BCUT2D eigenvalue weighted by Gasteiger charge is 2.23. The second kappa shape index (κ2) is 5.99. The van der Waals surface area contributed by atoms with E-state index in [-0.39, 0.29) is 6.04 Å². The largest absolute Gasteiger partial charge is 0.491 e. The van der Waals surface area contributed by atoms with Crippen LogP contribution >= 0.6 is 0 Å².